The minimum Gasteiger partial charge on any atom is -0.434 e. The van der Waals surface area contributed by atoms with E-state index in [9.17, 15) is 13.9 Å². The Bertz CT molecular complexity index is 445. The molecule has 3 nitrogen and oxygen atoms in total. The predicted octanol–water partition coefficient (Wildman–Crippen LogP) is 3.30. The zero-order valence-corrected chi connectivity index (χ0v) is 12.6. The molecule has 2 N–H and O–H groups in total. The second-order valence-electron chi connectivity index (χ2n) is 5.09. The number of rotatable bonds is 6. The van der Waals surface area contributed by atoms with E-state index < -0.39 is 6.61 Å². The van der Waals surface area contributed by atoms with E-state index >= 15 is 0 Å². The van der Waals surface area contributed by atoms with Crippen LogP contribution in [0.3, 0.4) is 0 Å². The number of hydrogen-bond donors (Lipinski definition) is 2. The predicted molar refractivity (Wildman–Crippen MR) is 75.8 cm³/mol. The molecule has 20 heavy (non-hydrogen) atoms. The zero-order chi connectivity index (χ0) is 14.5. The standard InChI is InChI=1S/C14H18BrF2NO2/c15-11-2-4-13(20-14(16)17)10(6-11)8-18-7-9-1-3-12(19)5-9/h2,4,6,9,12,14,18-19H,1,3,5,7-8H2. The van der Waals surface area contributed by atoms with Crippen molar-refractivity contribution in [2.75, 3.05) is 6.54 Å². The molecule has 1 fully saturated rings. The van der Waals surface area contributed by atoms with Crippen molar-refractivity contribution in [1.82, 2.24) is 5.32 Å². The third-order valence-corrected chi connectivity index (χ3v) is 3.99. The normalized spacial score (nSPS) is 22.4. The number of aliphatic hydroxyl groups is 1. The van der Waals surface area contributed by atoms with Crippen LogP contribution in [0.2, 0.25) is 0 Å². The highest BCUT2D eigenvalue weighted by atomic mass is 79.9. The molecule has 0 heterocycles. The first-order chi connectivity index (χ1) is 9.54. The van der Waals surface area contributed by atoms with Gasteiger partial charge >= 0.3 is 6.61 Å². The van der Waals surface area contributed by atoms with Crippen molar-refractivity contribution in [2.24, 2.45) is 5.92 Å². The summed E-state index contributed by atoms with van der Waals surface area (Å²) >= 11 is 3.32. The highest BCUT2D eigenvalue weighted by molar-refractivity contribution is 9.10. The van der Waals surface area contributed by atoms with Crippen molar-refractivity contribution in [3.8, 4) is 5.75 Å². The summed E-state index contributed by atoms with van der Waals surface area (Å²) in [5, 5.41) is 12.7. The van der Waals surface area contributed by atoms with E-state index in [0.29, 0.717) is 18.0 Å². The van der Waals surface area contributed by atoms with Gasteiger partial charge in [-0.25, -0.2) is 0 Å². The van der Waals surface area contributed by atoms with Gasteiger partial charge in [0.25, 0.3) is 0 Å². The zero-order valence-electron chi connectivity index (χ0n) is 11.0. The summed E-state index contributed by atoms with van der Waals surface area (Å²) in [7, 11) is 0. The van der Waals surface area contributed by atoms with E-state index in [1.54, 1.807) is 12.1 Å². The summed E-state index contributed by atoms with van der Waals surface area (Å²) in [6.07, 6.45) is 2.48. The molecule has 0 aromatic heterocycles. The maximum atomic E-state index is 12.3. The molecule has 1 saturated carbocycles. The van der Waals surface area contributed by atoms with Crippen molar-refractivity contribution < 1.29 is 18.6 Å². The van der Waals surface area contributed by atoms with Crippen LogP contribution in [0.5, 0.6) is 5.75 Å². The van der Waals surface area contributed by atoms with Gasteiger partial charge in [-0.2, -0.15) is 8.78 Å². The largest absolute Gasteiger partial charge is 0.434 e. The van der Waals surface area contributed by atoms with E-state index in [0.717, 1.165) is 30.3 Å². The van der Waals surface area contributed by atoms with E-state index in [-0.39, 0.29) is 11.9 Å². The number of aliphatic hydroxyl groups excluding tert-OH is 1. The Morgan fingerprint density at radius 2 is 2.20 bits per heavy atom. The van der Waals surface area contributed by atoms with Crippen LogP contribution < -0.4 is 10.1 Å². The fourth-order valence-electron chi connectivity index (χ4n) is 2.54. The molecule has 112 valence electrons. The van der Waals surface area contributed by atoms with Crippen LogP contribution >= 0.6 is 15.9 Å². The Morgan fingerprint density at radius 1 is 1.40 bits per heavy atom. The Labute approximate surface area is 125 Å². The molecule has 6 heteroatoms. The van der Waals surface area contributed by atoms with Crippen LogP contribution in [-0.2, 0) is 6.54 Å². The van der Waals surface area contributed by atoms with Gasteiger partial charge in [-0.1, -0.05) is 15.9 Å². The lowest BCUT2D eigenvalue weighted by Crippen LogP contribution is -2.22. The van der Waals surface area contributed by atoms with E-state index in [1.165, 1.54) is 6.07 Å². The second-order valence-corrected chi connectivity index (χ2v) is 6.01. The molecule has 2 unspecified atom stereocenters. The van der Waals surface area contributed by atoms with Crippen LogP contribution in [0, 0.1) is 5.92 Å². The number of ether oxygens (including phenoxy) is 1. The molecular weight excluding hydrogens is 332 g/mol. The van der Waals surface area contributed by atoms with Crippen molar-refractivity contribution in [3.63, 3.8) is 0 Å². The molecule has 2 atom stereocenters. The van der Waals surface area contributed by atoms with Crippen LogP contribution in [0.25, 0.3) is 0 Å². The quantitative estimate of drug-likeness (QED) is 0.827. The average molecular weight is 350 g/mol. The van der Waals surface area contributed by atoms with Crippen LogP contribution in [-0.4, -0.2) is 24.4 Å². The minimum atomic E-state index is -2.82. The van der Waals surface area contributed by atoms with Crippen molar-refractivity contribution in [3.05, 3.63) is 28.2 Å². The lowest BCUT2D eigenvalue weighted by molar-refractivity contribution is -0.0505. The fourth-order valence-corrected chi connectivity index (χ4v) is 2.95. The summed E-state index contributed by atoms with van der Waals surface area (Å²) in [6, 6.07) is 4.98. The number of hydrogen-bond acceptors (Lipinski definition) is 3. The highest BCUT2D eigenvalue weighted by Gasteiger charge is 2.22. The SMILES string of the molecule is OC1CCC(CNCc2cc(Br)ccc2OC(F)F)C1. The molecule has 0 spiro atoms. The van der Waals surface area contributed by atoms with Gasteiger partial charge in [0, 0.05) is 16.6 Å². The van der Waals surface area contributed by atoms with Crippen molar-refractivity contribution >= 4 is 15.9 Å². The topological polar surface area (TPSA) is 41.5 Å². The van der Waals surface area contributed by atoms with E-state index in [1.807, 2.05) is 0 Å². The number of benzene rings is 1. The summed E-state index contributed by atoms with van der Waals surface area (Å²) in [5.74, 6) is 0.652. The third kappa shape index (κ3) is 4.68. The van der Waals surface area contributed by atoms with Gasteiger partial charge in [-0.3, -0.25) is 0 Å². The first kappa shape index (κ1) is 15.7. The molecule has 0 radical (unpaired) electrons. The molecule has 2 rings (SSSR count). The number of halogens is 3. The Hall–Kier alpha value is -0.720. The van der Waals surface area contributed by atoms with Gasteiger partial charge in [0.05, 0.1) is 6.10 Å². The van der Waals surface area contributed by atoms with Crippen LogP contribution in [0.15, 0.2) is 22.7 Å². The Morgan fingerprint density at radius 3 is 2.85 bits per heavy atom. The van der Waals surface area contributed by atoms with Gasteiger partial charge < -0.3 is 15.2 Å². The Balaban J connectivity index is 1.89. The third-order valence-electron chi connectivity index (χ3n) is 3.50. The number of nitrogens with one attached hydrogen (secondary N) is 1. The average Bonchev–Trinajstić information content (AvgIpc) is 2.78. The molecule has 0 saturated heterocycles. The lowest BCUT2D eigenvalue weighted by Gasteiger charge is -2.14. The molecule has 1 aromatic rings. The molecule has 0 bridgehead atoms. The summed E-state index contributed by atoms with van der Waals surface area (Å²) in [5.41, 5.74) is 0.693. The molecular formula is C14H18BrF2NO2. The summed E-state index contributed by atoms with van der Waals surface area (Å²) < 4.78 is 30.0. The van der Waals surface area contributed by atoms with Crippen LogP contribution in [0.4, 0.5) is 8.78 Å². The first-order valence-corrected chi connectivity index (χ1v) is 7.46. The molecule has 1 aliphatic carbocycles. The van der Waals surface area contributed by atoms with Crippen molar-refractivity contribution in [2.45, 2.75) is 38.5 Å². The van der Waals surface area contributed by atoms with Gasteiger partial charge in [-0.15, -0.1) is 0 Å². The molecule has 1 aromatic carbocycles. The number of alkyl halides is 2. The van der Waals surface area contributed by atoms with E-state index in [2.05, 4.69) is 26.0 Å². The molecule has 0 aliphatic heterocycles. The van der Waals surface area contributed by atoms with Gasteiger partial charge in [0.1, 0.15) is 5.75 Å². The molecule has 1 aliphatic rings. The maximum absolute atomic E-state index is 12.3. The monoisotopic (exact) mass is 349 g/mol. The van der Waals surface area contributed by atoms with Crippen LogP contribution in [0.1, 0.15) is 24.8 Å². The summed E-state index contributed by atoms with van der Waals surface area (Å²) in [4.78, 5) is 0. The van der Waals surface area contributed by atoms with Gasteiger partial charge in [-0.05, 0) is 49.9 Å². The lowest BCUT2D eigenvalue weighted by atomic mass is 10.1. The van der Waals surface area contributed by atoms with Crippen molar-refractivity contribution in [1.29, 1.82) is 0 Å². The first-order valence-electron chi connectivity index (χ1n) is 6.66. The highest BCUT2D eigenvalue weighted by Crippen LogP contribution is 2.26. The maximum Gasteiger partial charge on any atom is 0.387 e. The Kier molecular flexibility index (Phi) is 5.74. The molecule has 0 amide bonds. The van der Waals surface area contributed by atoms with E-state index in [4.69, 9.17) is 0 Å². The fraction of sp³-hybridized carbons (Fsp3) is 0.571. The summed E-state index contributed by atoms with van der Waals surface area (Å²) in [6.45, 7) is -1.58. The second kappa shape index (κ2) is 7.33. The van der Waals surface area contributed by atoms with Gasteiger partial charge in [0.15, 0.2) is 0 Å². The minimum absolute atomic E-state index is 0.189. The van der Waals surface area contributed by atoms with Gasteiger partial charge in [0.2, 0.25) is 0 Å². The smallest absolute Gasteiger partial charge is 0.387 e.